The van der Waals surface area contributed by atoms with Gasteiger partial charge < -0.3 is 19.6 Å². The molecule has 6 nitrogen and oxygen atoms in total. The molecule has 0 bridgehead atoms. The van der Waals surface area contributed by atoms with Crippen LogP contribution in [0.25, 0.3) is 0 Å². The van der Waals surface area contributed by atoms with Gasteiger partial charge in [-0.2, -0.15) is 0 Å². The number of rotatable bonds is 9. The quantitative estimate of drug-likeness (QED) is 0.498. The third-order valence-electron chi connectivity index (χ3n) is 6.75. The number of ether oxygens (including phenoxy) is 1. The van der Waals surface area contributed by atoms with Gasteiger partial charge in [-0.05, 0) is 69.7 Å². The van der Waals surface area contributed by atoms with Crippen LogP contribution < -0.4 is 9.64 Å². The number of aliphatic carboxylic acids is 1. The van der Waals surface area contributed by atoms with E-state index in [4.69, 9.17) is 4.74 Å². The summed E-state index contributed by atoms with van der Waals surface area (Å²) in [4.78, 5) is 29.3. The van der Waals surface area contributed by atoms with Crippen LogP contribution in [0.1, 0.15) is 71.4 Å². The second kappa shape index (κ2) is 11.1. The van der Waals surface area contributed by atoms with Gasteiger partial charge in [-0.3, -0.25) is 4.79 Å². The number of anilines is 1. The molecule has 3 rings (SSSR count). The summed E-state index contributed by atoms with van der Waals surface area (Å²) in [5.41, 5.74) is 2.08. The second-order valence-corrected chi connectivity index (χ2v) is 10.7. The van der Waals surface area contributed by atoms with Crippen LogP contribution in [-0.2, 0) is 16.1 Å². The summed E-state index contributed by atoms with van der Waals surface area (Å²) in [7, 11) is 0. The first-order chi connectivity index (χ1) is 16.5. The van der Waals surface area contributed by atoms with E-state index in [2.05, 4.69) is 56.9 Å². The van der Waals surface area contributed by atoms with E-state index in [0.717, 1.165) is 30.6 Å². The lowest BCUT2D eigenvalue weighted by molar-refractivity contribution is -0.152. The van der Waals surface area contributed by atoms with Gasteiger partial charge in [0.2, 0.25) is 5.91 Å². The van der Waals surface area contributed by atoms with Gasteiger partial charge in [-0.1, -0.05) is 44.2 Å². The molecule has 35 heavy (non-hydrogen) atoms. The van der Waals surface area contributed by atoms with Crippen molar-refractivity contribution in [3.63, 3.8) is 0 Å². The van der Waals surface area contributed by atoms with E-state index in [9.17, 15) is 14.7 Å². The van der Waals surface area contributed by atoms with E-state index in [0.29, 0.717) is 24.8 Å². The Hall–Kier alpha value is -3.02. The zero-order chi connectivity index (χ0) is 25.8. The third kappa shape index (κ3) is 6.77. The van der Waals surface area contributed by atoms with Crippen LogP contribution in [0.15, 0.2) is 48.5 Å². The Morgan fingerprint density at radius 3 is 2.40 bits per heavy atom. The highest BCUT2D eigenvalue weighted by atomic mass is 16.5. The molecular weight excluding hydrogens is 440 g/mol. The van der Waals surface area contributed by atoms with Gasteiger partial charge in [0, 0.05) is 37.4 Å². The van der Waals surface area contributed by atoms with Gasteiger partial charge in [0.15, 0.2) is 5.60 Å². The first-order valence-electron chi connectivity index (χ1n) is 12.6. The van der Waals surface area contributed by atoms with E-state index in [1.807, 2.05) is 23.1 Å². The maximum Gasteiger partial charge on any atom is 0.347 e. The zero-order valence-electron chi connectivity index (χ0n) is 22.0. The van der Waals surface area contributed by atoms with Crippen LogP contribution in [-0.4, -0.2) is 46.6 Å². The average molecular weight is 481 g/mol. The molecule has 1 aliphatic rings. The summed E-state index contributed by atoms with van der Waals surface area (Å²) < 4.78 is 5.73. The summed E-state index contributed by atoms with van der Waals surface area (Å²) in [6.45, 7) is 13.7. The van der Waals surface area contributed by atoms with Crippen LogP contribution in [0.5, 0.6) is 5.75 Å². The van der Waals surface area contributed by atoms with E-state index in [-0.39, 0.29) is 17.9 Å². The lowest BCUT2D eigenvalue weighted by atomic mass is 9.95. The van der Waals surface area contributed by atoms with Crippen molar-refractivity contribution < 1.29 is 19.4 Å². The van der Waals surface area contributed by atoms with E-state index >= 15 is 0 Å². The lowest BCUT2D eigenvalue weighted by Gasteiger charge is -2.37. The Bertz CT molecular complexity index is 1010. The number of hydrogen-bond donors (Lipinski definition) is 1. The number of carboxylic acids is 1. The van der Waals surface area contributed by atoms with E-state index < -0.39 is 11.6 Å². The van der Waals surface area contributed by atoms with Gasteiger partial charge in [-0.15, -0.1) is 0 Å². The largest absolute Gasteiger partial charge is 0.478 e. The highest BCUT2D eigenvalue weighted by Crippen LogP contribution is 2.29. The summed E-state index contributed by atoms with van der Waals surface area (Å²) in [6, 6.07) is 16.2. The molecule has 190 valence electrons. The first-order valence-corrected chi connectivity index (χ1v) is 12.6. The van der Waals surface area contributed by atoms with Crippen molar-refractivity contribution in [3.05, 3.63) is 59.7 Å². The fourth-order valence-electron chi connectivity index (χ4n) is 4.45. The number of nitrogens with zero attached hydrogens (tertiary/aromatic N) is 2. The molecule has 0 radical (unpaired) electrons. The van der Waals surface area contributed by atoms with Crippen molar-refractivity contribution >= 4 is 17.6 Å². The Morgan fingerprint density at radius 1 is 1.11 bits per heavy atom. The smallest absolute Gasteiger partial charge is 0.347 e. The minimum atomic E-state index is -1.32. The number of hydrogen-bond acceptors (Lipinski definition) is 4. The molecule has 6 heteroatoms. The van der Waals surface area contributed by atoms with Crippen LogP contribution in [0.4, 0.5) is 5.69 Å². The number of carbonyl (C=O) groups is 2. The molecule has 0 saturated carbocycles. The Labute approximate surface area is 209 Å². The van der Waals surface area contributed by atoms with Crippen molar-refractivity contribution in [1.29, 1.82) is 0 Å². The number of carbonyl (C=O) groups excluding carboxylic acids is 1. The topological polar surface area (TPSA) is 70.1 Å². The first kappa shape index (κ1) is 26.6. The van der Waals surface area contributed by atoms with Gasteiger partial charge in [0.1, 0.15) is 5.75 Å². The predicted molar refractivity (Wildman–Crippen MR) is 140 cm³/mol. The van der Waals surface area contributed by atoms with Crippen LogP contribution in [0.2, 0.25) is 0 Å². The maximum absolute atomic E-state index is 13.6. The average Bonchev–Trinajstić information content (AvgIpc) is 2.82. The van der Waals surface area contributed by atoms with Crippen molar-refractivity contribution in [2.24, 2.45) is 5.92 Å². The van der Waals surface area contributed by atoms with E-state index in [1.54, 1.807) is 6.07 Å². The van der Waals surface area contributed by atoms with Crippen LogP contribution >= 0.6 is 0 Å². The van der Waals surface area contributed by atoms with Gasteiger partial charge in [-0.25, -0.2) is 4.79 Å². The molecule has 1 saturated heterocycles. The molecule has 1 fully saturated rings. The number of piperidine rings is 1. The zero-order valence-corrected chi connectivity index (χ0v) is 22.0. The SMILES string of the molecule is CC(C)c1ccc(CN(C(=O)[C@H]2CCCN(c3cccc(OC(C)(C)C(=O)O)c3)C2)C(C)C)cc1. The molecule has 1 atom stereocenters. The van der Waals surface area contributed by atoms with Crippen molar-refractivity contribution in [2.75, 3.05) is 18.0 Å². The fourth-order valence-corrected chi connectivity index (χ4v) is 4.45. The van der Waals surface area contributed by atoms with Crippen LogP contribution in [0, 0.1) is 5.92 Å². The van der Waals surface area contributed by atoms with Crippen molar-refractivity contribution in [3.8, 4) is 5.75 Å². The normalized spacial score (nSPS) is 16.5. The standard InChI is InChI=1S/C29H40N2O4/c1-20(2)23-14-12-22(13-15-23)18-31(21(3)4)27(32)24-9-8-16-30(19-24)25-10-7-11-26(17-25)35-29(5,6)28(33)34/h7,10-15,17,20-21,24H,8-9,16,18-19H2,1-6H3,(H,33,34)/t24-/m0/s1. The molecule has 2 aromatic carbocycles. The van der Waals surface area contributed by atoms with Gasteiger partial charge in [0.05, 0.1) is 5.92 Å². The molecule has 1 amide bonds. The number of carboxylic acid groups (broad SMARTS) is 1. The molecule has 0 spiro atoms. The van der Waals surface area contributed by atoms with Crippen molar-refractivity contribution in [1.82, 2.24) is 4.90 Å². The Morgan fingerprint density at radius 2 is 1.80 bits per heavy atom. The molecule has 1 N–H and O–H groups in total. The van der Waals surface area contributed by atoms with Gasteiger partial charge >= 0.3 is 5.97 Å². The molecular formula is C29H40N2O4. The molecule has 0 aliphatic carbocycles. The summed E-state index contributed by atoms with van der Waals surface area (Å²) >= 11 is 0. The second-order valence-electron chi connectivity index (χ2n) is 10.7. The third-order valence-corrected chi connectivity index (χ3v) is 6.75. The molecule has 2 aromatic rings. The van der Waals surface area contributed by atoms with Gasteiger partial charge in [0.25, 0.3) is 0 Å². The van der Waals surface area contributed by atoms with Crippen molar-refractivity contribution in [2.45, 2.75) is 78.5 Å². The fraction of sp³-hybridized carbons (Fsp3) is 0.517. The lowest BCUT2D eigenvalue weighted by Crippen LogP contribution is -2.47. The summed E-state index contributed by atoms with van der Waals surface area (Å²) in [5, 5.41) is 9.38. The maximum atomic E-state index is 13.6. The Kier molecular flexibility index (Phi) is 8.47. The minimum Gasteiger partial charge on any atom is -0.478 e. The monoisotopic (exact) mass is 480 g/mol. The number of benzene rings is 2. The summed E-state index contributed by atoms with van der Waals surface area (Å²) in [5.74, 6) is 0.0912. The molecule has 1 heterocycles. The Balaban J connectivity index is 1.71. The molecule has 1 aliphatic heterocycles. The summed E-state index contributed by atoms with van der Waals surface area (Å²) in [6.07, 6.45) is 1.80. The molecule has 0 aromatic heterocycles. The minimum absolute atomic E-state index is 0.0823. The molecule has 0 unspecified atom stereocenters. The highest BCUT2D eigenvalue weighted by Gasteiger charge is 2.32. The van der Waals surface area contributed by atoms with E-state index in [1.165, 1.54) is 19.4 Å². The predicted octanol–water partition coefficient (Wildman–Crippen LogP) is 5.71. The number of amides is 1. The van der Waals surface area contributed by atoms with Crippen LogP contribution in [0.3, 0.4) is 0 Å². The highest BCUT2D eigenvalue weighted by molar-refractivity contribution is 5.80.